The lowest BCUT2D eigenvalue weighted by Crippen LogP contribution is -2.39. The Morgan fingerprint density at radius 1 is 1.03 bits per heavy atom. The third-order valence-corrected chi connectivity index (χ3v) is 10.1. The van der Waals surface area contributed by atoms with E-state index in [0.29, 0.717) is 16.5 Å². The maximum Gasteiger partial charge on any atom is 0.249 e. The molecule has 1 heterocycles. The molecule has 1 atom stereocenters. The number of hydrogen-bond acceptors (Lipinski definition) is 6. The number of nitrogens with one attached hydrogen (secondary N) is 1. The topological polar surface area (TPSA) is 102 Å². The van der Waals surface area contributed by atoms with Crippen molar-refractivity contribution in [3.8, 4) is 5.75 Å². The van der Waals surface area contributed by atoms with Gasteiger partial charge in [0.1, 0.15) is 5.75 Å². The van der Waals surface area contributed by atoms with E-state index in [-0.39, 0.29) is 29.7 Å². The monoisotopic (exact) mass is 492 g/mol. The van der Waals surface area contributed by atoms with E-state index in [0.717, 1.165) is 0 Å². The van der Waals surface area contributed by atoms with Gasteiger partial charge in [-0.05, 0) is 53.9 Å². The van der Waals surface area contributed by atoms with Crippen LogP contribution in [0.25, 0.3) is 0 Å². The van der Waals surface area contributed by atoms with Gasteiger partial charge in [0.05, 0.1) is 9.79 Å². The van der Waals surface area contributed by atoms with Gasteiger partial charge < -0.3 is 9.47 Å². The van der Waals surface area contributed by atoms with Crippen molar-refractivity contribution < 1.29 is 26.3 Å². The molecule has 0 aliphatic carbocycles. The van der Waals surface area contributed by atoms with E-state index in [1.165, 1.54) is 47.8 Å². The van der Waals surface area contributed by atoms with Gasteiger partial charge in [0.15, 0.2) is 6.79 Å². The summed E-state index contributed by atoms with van der Waals surface area (Å²) in [6, 6.07) is 11.9. The Hall–Kier alpha value is -1.47. The van der Waals surface area contributed by atoms with Crippen molar-refractivity contribution in [1.82, 2.24) is 8.43 Å². The van der Waals surface area contributed by atoms with Crippen molar-refractivity contribution in [2.75, 3.05) is 32.7 Å². The van der Waals surface area contributed by atoms with Gasteiger partial charge in [-0.3, -0.25) is 0 Å². The Morgan fingerprint density at radius 3 is 2.23 bits per heavy atom. The van der Waals surface area contributed by atoms with Gasteiger partial charge in [-0.15, -0.1) is 10.7 Å². The van der Waals surface area contributed by atoms with Crippen molar-refractivity contribution >= 4 is 47.7 Å². The lowest BCUT2D eigenvalue weighted by Gasteiger charge is -2.26. The molecule has 1 aliphatic heterocycles. The highest BCUT2D eigenvalue weighted by molar-refractivity contribution is 8.20. The number of nitrogens with zero attached hydrogens (tertiary/aromatic N) is 1. The fourth-order valence-electron chi connectivity index (χ4n) is 2.63. The number of ether oxygens (including phenoxy) is 2. The van der Waals surface area contributed by atoms with Crippen LogP contribution < -0.4 is 8.86 Å². The molecule has 2 aromatic rings. The molecule has 2 aromatic carbocycles. The molecule has 1 unspecified atom stereocenters. The highest BCUT2D eigenvalue weighted by Crippen LogP contribution is 2.24. The zero-order valence-corrected chi connectivity index (χ0v) is 19.2. The highest BCUT2D eigenvalue weighted by atomic mass is 35.5. The normalized spacial score (nSPS) is 18.0. The molecule has 0 fully saturated rings. The van der Waals surface area contributed by atoms with E-state index in [2.05, 4.69) is 4.13 Å². The van der Waals surface area contributed by atoms with Crippen molar-refractivity contribution in [2.45, 2.75) is 9.79 Å². The molecule has 0 radical (unpaired) electrons. The molecule has 1 N–H and O–H groups in total. The summed E-state index contributed by atoms with van der Waals surface area (Å²) in [5.41, 5.74) is 0. The van der Waals surface area contributed by atoms with Crippen molar-refractivity contribution in [1.29, 1.82) is 0 Å². The molecule has 0 saturated carbocycles. The third-order valence-electron chi connectivity index (χ3n) is 4.19. The highest BCUT2D eigenvalue weighted by Gasteiger charge is 2.27. The fourth-order valence-corrected chi connectivity index (χ4v) is 7.90. The van der Waals surface area contributed by atoms with E-state index < -0.39 is 30.7 Å². The fraction of sp³-hybridized carbons (Fsp3) is 0.278. The predicted octanol–water partition coefficient (Wildman–Crippen LogP) is 2.29. The first-order valence-corrected chi connectivity index (χ1v) is 13.5. The summed E-state index contributed by atoms with van der Waals surface area (Å²) in [4.78, 5) is 0.253. The van der Waals surface area contributed by atoms with Crippen LogP contribution in [0.3, 0.4) is 0 Å². The Morgan fingerprint density at radius 2 is 1.67 bits per heavy atom. The van der Waals surface area contributed by atoms with Gasteiger partial charge >= 0.3 is 0 Å². The quantitative estimate of drug-likeness (QED) is 0.448. The lowest BCUT2D eigenvalue weighted by molar-refractivity contribution is 0.0511. The maximum absolute atomic E-state index is 12.7. The molecule has 164 valence electrons. The van der Waals surface area contributed by atoms with Gasteiger partial charge in [-0.2, -0.15) is 8.43 Å². The Kier molecular flexibility index (Phi) is 7.56. The van der Waals surface area contributed by atoms with Crippen LogP contribution in [0.15, 0.2) is 58.3 Å². The standard InChI is InChI=1S/C18H21ClN2O6S3/c1-26-14-27-16-4-8-17(9-5-16)29(22,23)20-28-12-10-21(11-13-28)30(24,25)18-6-2-15(19)3-7-18/h2-9,12,20H,10-11,13-14H2,1H3. The van der Waals surface area contributed by atoms with E-state index >= 15 is 0 Å². The molecule has 0 bridgehead atoms. The van der Waals surface area contributed by atoms with E-state index in [1.807, 2.05) is 0 Å². The number of halogens is 1. The second-order valence-corrected chi connectivity index (χ2v) is 12.3. The average Bonchev–Trinajstić information content (AvgIpc) is 2.73. The van der Waals surface area contributed by atoms with E-state index in [1.54, 1.807) is 17.5 Å². The molecule has 0 aromatic heterocycles. The zero-order valence-electron chi connectivity index (χ0n) is 16.0. The molecule has 0 spiro atoms. The summed E-state index contributed by atoms with van der Waals surface area (Å²) in [6.07, 6.45) is 0. The minimum Gasteiger partial charge on any atom is -0.468 e. The summed E-state index contributed by atoms with van der Waals surface area (Å²) < 4.78 is 64.7. The van der Waals surface area contributed by atoms with Crippen LogP contribution in [0.1, 0.15) is 0 Å². The van der Waals surface area contributed by atoms with Gasteiger partial charge in [0, 0.05) is 31.0 Å². The average molecular weight is 493 g/mol. The summed E-state index contributed by atoms with van der Waals surface area (Å²) >= 11 is 5.82. The number of rotatable bonds is 8. The zero-order chi connectivity index (χ0) is 21.8. The maximum atomic E-state index is 12.7. The van der Waals surface area contributed by atoms with Crippen molar-refractivity contribution in [3.05, 3.63) is 53.6 Å². The Balaban J connectivity index is 1.67. The second-order valence-electron chi connectivity index (χ2n) is 6.23. The van der Waals surface area contributed by atoms with Crippen LogP contribution in [0.5, 0.6) is 5.75 Å². The Bertz CT molecular complexity index is 1120. The second kappa shape index (κ2) is 9.77. The minimum atomic E-state index is -3.75. The van der Waals surface area contributed by atoms with Crippen LogP contribution in [-0.4, -0.2) is 59.3 Å². The molecule has 12 heteroatoms. The number of sulfonamides is 2. The van der Waals surface area contributed by atoms with Gasteiger partial charge in [0.2, 0.25) is 20.0 Å². The predicted molar refractivity (Wildman–Crippen MR) is 118 cm³/mol. The minimum absolute atomic E-state index is 0.0677. The first-order valence-electron chi connectivity index (χ1n) is 8.75. The van der Waals surface area contributed by atoms with E-state index in [9.17, 15) is 16.8 Å². The van der Waals surface area contributed by atoms with E-state index in [4.69, 9.17) is 21.1 Å². The van der Waals surface area contributed by atoms with Crippen LogP contribution in [0, 0.1) is 0 Å². The summed E-state index contributed by atoms with van der Waals surface area (Å²) in [7, 11) is -6.70. The molecule has 3 rings (SSSR count). The molecule has 0 saturated heterocycles. The molecular formula is C18H21ClN2O6S3. The smallest absolute Gasteiger partial charge is 0.249 e. The number of hydrogen-bond donors (Lipinski definition) is 1. The third kappa shape index (κ3) is 5.61. The summed E-state index contributed by atoms with van der Waals surface area (Å²) in [5, 5.41) is 2.12. The lowest BCUT2D eigenvalue weighted by atomic mass is 10.3. The SMILES string of the molecule is COCOc1ccc(S(=O)(=O)NS2=CCN(S(=O)(=O)c3ccc(Cl)cc3)CC2)cc1. The molecule has 1 aliphatic rings. The number of benzene rings is 2. The van der Waals surface area contributed by atoms with Crippen molar-refractivity contribution in [2.24, 2.45) is 0 Å². The number of methoxy groups -OCH3 is 1. The van der Waals surface area contributed by atoms with Crippen LogP contribution in [0.2, 0.25) is 5.02 Å². The van der Waals surface area contributed by atoms with Gasteiger partial charge in [0.25, 0.3) is 0 Å². The first-order chi connectivity index (χ1) is 14.2. The molecule has 0 amide bonds. The van der Waals surface area contributed by atoms with Gasteiger partial charge in [-0.25, -0.2) is 16.8 Å². The summed E-state index contributed by atoms with van der Waals surface area (Å²) in [5.74, 6) is 0.840. The van der Waals surface area contributed by atoms with Crippen molar-refractivity contribution in [3.63, 3.8) is 0 Å². The largest absolute Gasteiger partial charge is 0.468 e. The van der Waals surface area contributed by atoms with Crippen LogP contribution >= 0.6 is 22.3 Å². The molecule has 30 heavy (non-hydrogen) atoms. The summed E-state index contributed by atoms with van der Waals surface area (Å²) in [6.45, 7) is 0.384. The first kappa shape index (κ1) is 23.2. The van der Waals surface area contributed by atoms with Crippen LogP contribution in [-0.2, 0) is 24.8 Å². The van der Waals surface area contributed by atoms with Crippen LogP contribution in [0.4, 0.5) is 0 Å². The Labute approximate surface area is 183 Å². The molecular weight excluding hydrogens is 472 g/mol. The van der Waals surface area contributed by atoms with Gasteiger partial charge in [-0.1, -0.05) is 11.6 Å². The molecule has 8 nitrogen and oxygen atoms in total.